The highest BCUT2D eigenvalue weighted by Gasteiger charge is 2.16. The minimum absolute atomic E-state index is 0.0990. The largest absolute Gasteiger partial charge is 0.465 e. The third kappa shape index (κ3) is 4.31. The number of methoxy groups -OCH3 is 1. The maximum Gasteiger partial charge on any atom is 0.338 e. The number of furan rings is 1. The number of nitrogens with zero attached hydrogens (tertiary/aromatic N) is 1. The summed E-state index contributed by atoms with van der Waals surface area (Å²) in [6.45, 7) is 3.85. The summed E-state index contributed by atoms with van der Waals surface area (Å²) < 4.78 is 10.6. The second kappa shape index (κ2) is 8.93. The highest BCUT2D eigenvalue weighted by atomic mass is 16.5. The van der Waals surface area contributed by atoms with Gasteiger partial charge in [-0.1, -0.05) is 30.3 Å². The number of rotatable bonds is 5. The van der Waals surface area contributed by atoms with Gasteiger partial charge >= 0.3 is 5.97 Å². The summed E-state index contributed by atoms with van der Waals surface area (Å²) in [6, 6.07) is 17.6. The van der Waals surface area contributed by atoms with Crippen LogP contribution in [0.2, 0.25) is 0 Å². The van der Waals surface area contributed by atoms with E-state index in [4.69, 9.17) is 9.15 Å². The molecular weight excluding hydrogens is 380 g/mol. The van der Waals surface area contributed by atoms with E-state index in [0.717, 1.165) is 11.1 Å². The molecule has 3 rings (SSSR count). The van der Waals surface area contributed by atoms with Gasteiger partial charge in [-0.05, 0) is 49.2 Å². The molecule has 0 aliphatic rings. The molecule has 1 amide bonds. The van der Waals surface area contributed by atoms with E-state index in [1.807, 2.05) is 32.0 Å². The van der Waals surface area contributed by atoms with E-state index < -0.39 is 11.9 Å². The number of amides is 1. The minimum atomic E-state index is -0.529. The Kier molecular flexibility index (Phi) is 6.14. The maximum absolute atomic E-state index is 12.6. The van der Waals surface area contributed by atoms with Crippen molar-refractivity contribution in [1.29, 1.82) is 5.26 Å². The van der Waals surface area contributed by atoms with E-state index in [1.165, 1.54) is 13.2 Å². The number of hydrogen-bond donors (Lipinski definition) is 1. The fraction of sp³-hybridized carbons (Fsp3) is 0.125. The molecule has 0 fully saturated rings. The number of carbonyl (C=O) groups is 2. The predicted molar refractivity (Wildman–Crippen MR) is 114 cm³/mol. The topological polar surface area (TPSA) is 92.3 Å². The molecule has 0 aliphatic heterocycles. The van der Waals surface area contributed by atoms with Crippen molar-refractivity contribution in [1.82, 2.24) is 0 Å². The van der Waals surface area contributed by atoms with Crippen LogP contribution in [0.3, 0.4) is 0 Å². The van der Waals surface area contributed by atoms with Gasteiger partial charge < -0.3 is 14.5 Å². The molecule has 0 radical (unpaired) electrons. The summed E-state index contributed by atoms with van der Waals surface area (Å²) in [5.74, 6) is -0.268. The number of carbonyl (C=O) groups excluding carboxylic acids is 2. The summed E-state index contributed by atoms with van der Waals surface area (Å²) in [5, 5.41) is 12.2. The number of nitrogens with one attached hydrogen (secondary N) is 1. The number of esters is 1. The normalized spacial score (nSPS) is 10.9. The maximum atomic E-state index is 12.6. The van der Waals surface area contributed by atoms with Crippen LogP contribution in [0.4, 0.5) is 5.69 Å². The smallest absolute Gasteiger partial charge is 0.338 e. The Morgan fingerprint density at radius 2 is 1.83 bits per heavy atom. The van der Waals surface area contributed by atoms with Crippen LogP contribution in [0.1, 0.15) is 27.2 Å². The lowest BCUT2D eigenvalue weighted by Gasteiger charge is -2.09. The molecular formula is C24H20N2O4. The fourth-order valence-electron chi connectivity index (χ4n) is 2.93. The van der Waals surface area contributed by atoms with E-state index in [9.17, 15) is 14.9 Å². The van der Waals surface area contributed by atoms with Crippen LogP contribution in [0.25, 0.3) is 17.4 Å². The van der Waals surface area contributed by atoms with E-state index in [1.54, 1.807) is 42.5 Å². The van der Waals surface area contributed by atoms with Gasteiger partial charge in [0, 0.05) is 17.3 Å². The lowest BCUT2D eigenvalue weighted by atomic mass is 10.1. The molecule has 0 atom stereocenters. The Morgan fingerprint density at radius 3 is 2.57 bits per heavy atom. The number of hydrogen-bond acceptors (Lipinski definition) is 5. The quantitative estimate of drug-likeness (QED) is 0.374. The molecule has 1 aromatic heterocycles. The van der Waals surface area contributed by atoms with Crippen LogP contribution >= 0.6 is 0 Å². The van der Waals surface area contributed by atoms with Crippen LogP contribution in [0.5, 0.6) is 0 Å². The number of nitriles is 1. The first kappa shape index (κ1) is 20.6. The highest BCUT2D eigenvalue weighted by molar-refractivity contribution is 6.09. The monoisotopic (exact) mass is 400 g/mol. The molecule has 0 saturated heterocycles. The summed E-state index contributed by atoms with van der Waals surface area (Å²) in [7, 11) is 1.31. The molecule has 0 aliphatic carbocycles. The summed E-state index contributed by atoms with van der Waals surface area (Å²) in [5.41, 5.74) is 3.44. The van der Waals surface area contributed by atoms with Crippen molar-refractivity contribution < 1.29 is 18.7 Å². The Labute approximate surface area is 174 Å². The number of ether oxygens (including phenoxy) is 1. The van der Waals surface area contributed by atoms with Crippen LogP contribution in [0, 0.1) is 25.2 Å². The molecule has 150 valence electrons. The van der Waals surface area contributed by atoms with Crippen molar-refractivity contribution >= 4 is 23.6 Å². The second-order valence-corrected chi connectivity index (χ2v) is 6.61. The molecule has 0 saturated carbocycles. The molecule has 6 heteroatoms. The highest BCUT2D eigenvalue weighted by Crippen LogP contribution is 2.27. The summed E-state index contributed by atoms with van der Waals surface area (Å²) >= 11 is 0. The van der Waals surface area contributed by atoms with E-state index in [-0.39, 0.29) is 5.57 Å². The number of aryl methyl sites for hydroxylation is 1. The van der Waals surface area contributed by atoms with Crippen LogP contribution < -0.4 is 5.32 Å². The first-order valence-electron chi connectivity index (χ1n) is 9.21. The Bertz CT molecular complexity index is 1180. The third-order valence-corrected chi connectivity index (χ3v) is 4.73. The number of anilines is 1. The molecule has 2 aromatic carbocycles. The summed E-state index contributed by atoms with van der Waals surface area (Å²) in [4.78, 5) is 24.5. The standard InChI is InChI=1S/C24H20N2O4/c1-15-7-6-10-21(16(15)2)26-23(27)17(14-25)13-18-11-12-22(30-18)19-8-4-5-9-20(19)24(28)29-3/h4-13H,1-3H3,(H,26,27)/b17-13+. The molecule has 6 nitrogen and oxygen atoms in total. The van der Waals surface area contributed by atoms with Gasteiger partial charge in [-0.3, -0.25) is 4.79 Å². The van der Waals surface area contributed by atoms with Crippen LogP contribution in [-0.2, 0) is 9.53 Å². The molecule has 1 N–H and O–H groups in total. The minimum Gasteiger partial charge on any atom is -0.465 e. The molecule has 0 spiro atoms. The zero-order valence-corrected chi connectivity index (χ0v) is 16.9. The van der Waals surface area contributed by atoms with Gasteiger partial charge in [0.1, 0.15) is 23.2 Å². The van der Waals surface area contributed by atoms with Crippen molar-refractivity contribution in [3.8, 4) is 17.4 Å². The van der Waals surface area contributed by atoms with Gasteiger partial charge in [-0.15, -0.1) is 0 Å². The average molecular weight is 400 g/mol. The predicted octanol–water partition coefficient (Wildman–Crippen LogP) is 4.90. The third-order valence-electron chi connectivity index (χ3n) is 4.73. The van der Waals surface area contributed by atoms with Gasteiger partial charge in [0.2, 0.25) is 0 Å². The van der Waals surface area contributed by atoms with Gasteiger partial charge in [0.15, 0.2) is 0 Å². The van der Waals surface area contributed by atoms with Crippen LogP contribution in [0.15, 0.2) is 64.6 Å². The van der Waals surface area contributed by atoms with Gasteiger partial charge in [-0.2, -0.15) is 5.26 Å². The van der Waals surface area contributed by atoms with Crippen molar-refractivity contribution in [2.45, 2.75) is 13.8 Å². The molecule has 0 unspecified atom stereocenters. The van der Waals surface area contributed by atoms with Gasteiger partial charge in [-0.25, -0.2) is 4.79 Å². The zero-order valence-electron chi connectivity index (χ0n) is 16.9. The fourth-order valence-corrected chi connectivity index (χ4v) is 2.93. The van der Waals surface area contributed by atoms with Crippen molar-refractivity contribution in [2.75, 3.05) is 12.4 Å². The van der Waals surface area contributed by atoms with E-state index >= 15 is 0 Å². The Balaban J connectivity index is 1.88. The molecule has 0 bridgehead atoms. The Hall–Kier alpha value is -4.11. The lowest BCUT2D eigenvalue weighted by molar-refractivity contribution is -0.112. The summed E-state index contributed by atoms with van der Waals surface area (Å²) in [6.07, 6.45) is 1.37. The van der Waals surface area contributed by atoms with E-state index in [2.05, 4.69) is 5.32 Å². The first-order valence-corrected chi connectivity index (χ1v) is 9.21. The average Bonchev–Trinajstić information content (AvgIpc) is 3.23. The second-order valence-electron chi connectivity index (χ2n) is 6.61. The van der Waals surface area contributed by atoms with Crippen molar-refractivity contribution in [3.63, 3.8) is 0 Å². The number of benzene rings is 2. The van der Waals surface area contributed by atoms with Crippen molar-refractivity contribution in [3.05, 3.63) is 82.6 Å². The van der Waals surface area contributed by atoms with Crippen molar-refractivity contribution in [2.24, 2.45) is 0 Å². The van der Waals surface area contributed by atoms with Crippen LogP contribution in [-0.4, -0.2) is 19.0 Å². The molecule has 3 aromatic rings. The molecule has 1 heterocycles. The van der Waals surface area contributed by atoms with Gasteiger partial charge in [0.25, 0.3) is 5.91 Å². The van der Waals surface area contributed by atoms with E-state index in [0.29, 0.717) is 28.3 Å². The van der Waals surface area contributed by atoms with Gasteiger partial charge in [0.05, 0.1) is 12.7 Å². The SMILES string of the molecule is COC(=O)c1ccccc1-c1ccc(/C=C(\C#N)C(=O)Nc2cccc(C)c2C)o1. The zero-order chi connectivity index (χ0) is 21.7. The lowest BCUT2D eigenvalue weighted by Crippen LogP contribution is -2.14. The Morgan fingerprint density at radius 1 is 1.07 bits per heavy atom. The molecule has 30 heavy (non-hydrogen) atoms. The first-order chi connectivity index (χ1) is 14.4.